The van der Waals surface area contributed by atoms with Gasteiger partial charge in [0.25, 0.3) is 0 Å². The molecule has 2 heterocycles. The van der Waals surface area contributed by atoms with E-state index in [-0.39, 0.29) is 6.04 Å². The fraction of sp³-hybridized carbons (Fsp3) is 0.667. The predicted molar refractivity (Wildman–Crippen MR) is 76.3 cm³/mol. The molecule has 3 N–H and O–H groups in total. The molecule has 0 aliphatic carbocycles. The Morgan fingerprint density at radius 3 is 2.68 bits per heavy atom. The molecule has 1 aliphatic rings. The van der Waals surface area contributed by atoms with Crippen LogP contribution in [0.3, 0.4) is 0 Å². The van der Waals surface area contributed by atoms with Crippen molar-refractivity contribution in [1.29, 1.82) is 0 Å². The van der Waals surface area contributed by atoms with Gasteiger partial charge in [-0.25, -0.2) is 0 Å². The summed E-state index contributed by atoms with van der Waals surface area (Å²) in [6, 6.07) is 4.31. The molecular formula is C15H25N3O. The molecule has 0 saturated carbocycles. The Balaban J connectivity index is 1.66. The SMILES string of the molecule is NNC(CCCCC1CCOCC1)c1ccncc1. The fourth-order valence-corrected chi connectivity index (χ4v) is 2.76. The minimum Gasteiger partial charge on any atom is -0.381 e. The van der Waals surface area contributed by atoms with Gasteiger partial charge in [0.15, 0.2) is 0 Å². The molecule has 0 spiro atoms. The second-order valence-corrected chi connectivity index (χ2v) is 5.34. The zero-order valence-corrected chi connectivity index (χ0v) is 11.6. The zero-order chi connectivity index (χ0) is 13.3. The Hall–Kier alpha value is -0.970. The van der Waals surface area contributed by atoms with Crippen molar-refractivity contribution in [2.45, 2.75) is 44.6 Å². The fourth-order valence-electron chi connectivity index (χ4n) is 2.76. The topological polar surface area (TPSA) is 60.2 Å². The lowest BCUT2D eigenvalue weighted by Gasteiger charge is -2.22. The van der Waals surface area contributed by atoms with E-state index in [0.29, 0.717) is 0 Å². The summed E-state index contributed by atoms with van der Waals surface area (Å²) in [7, 11) is 0. The zero-order valence-electron chi connectivity index (χ0n) is 11.6. The molecule has 1 aromatic rings. The van der Waals surface area contributed by atoms with Crippen molar-refractivity contribution >= 4 is 0 Å². The number of hydrogen-bond acceptors (Lipinski definition) is 4. The lowest BCUT2D eigenvalue weighted by molar-refractivity contribution is 0.0630. The average Bonchev–Trinajstić information content (AvgIpc) is 2.49. The van der Waals surface area contributed by atoms with Gasteiger partial charge in [0.1, 0.15) is 0 Å². The van der Waals surface area contributed by atoms with E-state index in [2.05, 4.69) is 10.4 Å². The first-order valence-corrected chi connectivity index (χ1v) is 7.34. The molecule has 0 bridgehead atoms. The number of nitrogens with zero attached hydrogens (tertiary/aromatic N) is 1. The first kappa shape index (κ1) is 14.4. The van der Waals surface area contributed by atoms with Crippen molar-refractivity contribution in [2.24, 2.45) is 11.8 Å². The van der Waals surface area contributed by atoms with Crippen LogP contribution in [0.5, 0.6) is 0 Å². The highest BCUT2D eigenvalue weighted by Crippen LogP contribution is 2.23. The van der Waals surface area contributed by atoms with Crippen LogP contribution >= 0.6 is 0 Å². The molecule has 0 amide bonds. The highest BCUT2D eigenvalue weighted by molar-refractivity contribution is 5.14. The van der Waals surface area contributed by atoms with Crippen molar-refractivity contribution in [3.63, 3.8) is 0 Å². The van der Waals surface area contributed by atoms with E-state index >= 15 is 0 Å². The minimum absolute atomic E-state index is 0.248. The van der Waals surface area contributed by atoms with E-state index in [1.165, 1.54) is 37.7 Å². The normalized spacial score (nSPS) is 18.4. The number of nitrogens with one attached hydrogen (secondary N) is 1. The quantitative estimate of drug-likeness (QED) is 0.451. The molecule has 1 atom stereocenters. The second-order valence-electron chi connectivity index (χ2n) is 5.34. The van der Waals surface area contributed by atoms with Gasteiger partial charge in [-0.1, -0.05) is 19.3 Å². The molecule has 4 heteroatoms. The number of hydrogen-bond donors (Lipinski definition) is 2. The smallest absolute Gasteiger partial charge is 0.0468 e. The molecule has 2 rings (SSSR count). The van der Waals surface area contributed by atoms with Gasteiger partial charge in [0, 0.05) is 31.6 Å². The van der Waals surface area contributed by atoms with Crippen LogP contribution in [-0.2, 0) is 4.74 Å². The van der Waals surface area contributed by atoms with Gasteiger partial charge in [0.05, 0.1) is 0 Å². The number of hydrazine groups is 1. The van der Waals surface area contributed by atoms with Crippen LogP contribution in [0.2, 0.25) is 0 Å². The molecule has 1 aromatic heterocycles. The number of ether oxygens (including phenoxy) is 1. The van der Waals surface area contributed by atoms with Crippen LogP contribution in [-0.4, -0.2) is 18.2 Å². The van der Waals surface area contributed by atoms with Crippen molar-refractivity contribution in [3.8, 4) is 0 Å². The van der Waals surface area contributed by atoms with Crippen LogP contribution in [0.1, 0.15) is 50.1 Å². The van der Waals surface area contributed by atoms with Crippen molar-refractivity contribution < 1.29 is 4.74 Å². The van der Waals surface area contributed by atoms with E-state index in [1.54, 1.807) is 0 Å². The summed E-state index contributed by atoms with van der Waals surface area (Å²) in [6.07, 6.45) is 11.0. The summed E-state index contributed by atoms with van der Waals surface area (Å²) in [4.78, 5) is 4.04. The van der Waals surface area contributed by atoms with E-state index < -0.39 is 0 Å². The second kappa shape index (κ2) is 8.25. The molecule has 0 aromatic carbocycles. The molecular weight excluding hydrogens is 238 g/mol. The van der Waals surface area contributed by atoms with Gasteiger partial charge >= 0.3 is 0 Å². The third kappa shape index (κ3) is 4.90. The van der Waals surface area contributed by atoms with Crippen molar-refractivity contribution in [2.75, 3.05) is 13.2 Å². The van der Waals surface area contributed by atoms with Gasteiger partial charge < -0.3 is 4.74 Å². The molecule has 19 heavy (non-hydrogen) atoms. The standard InChI is InChI=1S/C15H25N3O/c16-18-15(14-5-9-17-10-6-14)4-2-1-3-13-7-11-19-12-8-13/h5-6,9-10,13,15,18H,1-4,7-8,11-12,16H2. The number of aromatic nitrogens is 1. The Morgan fingerprint density at radius 1 is 1.26 bits per heavy atom. The summed E-state index contributed by atoms with van der Waals surface area (Å²) >= 11 is 0. The summed E-state index contributed by atoms with van der Waals surface area (Å²) in [5.41, 5.74) is 4.13. The Kier molecular flexibility index (Phi) is 6.27. The molecule has 1 unspecified atom stereocenters. The van der Waals surface area contributed by atoms with Crippen LogP contribution in [0.15, 0.2) is 24.5 Å². The maximum atomic E-state index is 5.64. The van der Waals surface area contributed by atoms with Crippen molar-refractivity contribution in [3.05, 3.63) is 30.1 Å². The third-order valence-corrected chi connectivity index (χ3v) is 4.01. The highest BCUT2D eigenvalue weighted by atomic mass is 16.5. The van der Waals surface area contributed by atoms with Crippen LogP contribution < -0.4 is 11.3 Å². The monoisotopic (exact) mass is 263 g/mol. The molecule has 1 saturated heterocycles. The van der Waals surface area contributed by atoms with Gasteiger partial charge in [-0.2, -0.15) is 0 Å². The Bertz CT molecular complexity index is 339. The Labute approximate surface area is 115 Å². The third-order valence-electron chi connectivity index (χ3n) is 4.01. The Morgan fingerprint density at radius 2 is 2.00 bits per heavy atom. The van der Waals surface area contributed by atoms with E-state index in [1.807, 2.05) is 24.5 Å². The maximum Gasteiger partial charge on any atom is 0.0468 e. The number of unbranched alkanes of at least 4 members (excludes halogenated alkanes) is 1. The average molecular weight is 263 g/mol. The van der Waals surface area contributed by atoms with Gasteiger partial charge in [-0.3, -0.25) is 16.3 Å². The van der Waals surface area contributed by atoms with E-state index in [4.69, 9.17) is 10.6 Å². The molecule has 4 nitrogen and oxygen atoms in total. The predicted octanol–water partition coefficient (Wildman–Crippen LogP) is 2.57. The number of nitrogens with two attached hydrogens (primary N) is 1. The number of pyridine rings is 1. The van der Waals surface area contributed by atoms with Gasteiger partial charge in [-0.15, -0.1) is 0 Å². The largest absolute Gasteiger partial charge is 0.381 e. The lowest BCUT2D eigenvalue weighted by Crippen LogP contribution is -2.28. The first-order valence-electron chi connectivity index (χ1n) is 7.34. The van der Waals surface area contributed by atoms with Gasteiger partial charge in [-0.05, 0) is 42.9 Å². The molecule has 106 valence electrons. The van der Waals surface area contributed by atoms with Crippen molar-refractivity contribution in [1.82, 2.24) is 10.4 Å². The maximum absolute atomic E-state index is 5.64. The summed E-state index contributed by atoms with van der Waals surface area (Å²) in [5.74, 6) is 6.52. The van der Waals surface area contributed by atoms with Crippen LogP contribution in [0.25, 0.3) is 0 Å². The number of rotatable bonds is 7. The minimum atomic E-state index is 0.248. The van der Waals surface area contributed by atoms with E-state index in [9.17, 15) is 0 Å². The van der Waals surface area contributed by atoms with Crippen LogP contribution in [0.4, 0.5) is 0 Å². The lowest BCUT2D eigenvalue weighted by atomic mass is 9.92. The summed E-state index contributed by atoms with van der Waals surface area (Å²) in [6.45, 7) is 1.91. The van der Waals surface area contributed by atoms with Crippen LogP contribution in [0, 0.1) is 5.92 Å². The van der Waals surface area contributed by atoms with Gasteiger partial charge in [0.2, 0.25) is 0 Å². The molecule has 1 fully saturated rings. The highest BCUT2D eigenvalue weighted by Gasteiger charge is 2.14. The molecule has 0 radical (unpaired) electrons. The van der Waals surface area contributed by atoms with E-state index in [0.717, 1.165) is 25.6 Å². The summed E-state index contributed by atoms with van der Waals surface area (Å²) < 4.78 is 5.39. The molecule has 1 aliphatic heterocycles. The summed E-state index contributed by atoms with van der Waals surface area (Å²) in [5, 5.41) is 0. The first-order chi connectivity index (χ1) is 9.40.